The fourth-order valence-corrected chi connectivity index (χ4v) is 2.77. The number of hydrogen-bond acceptors (Lipinski definition) is 4. The van der Waals surface area contributed by atoms with Crippen LogP contribution < -0.4 is 5.32 Å². The first kappa shape index (κ1) is 12.6. The topological polar surface area (TPSA) is 48.7 Å². The first-order chi connectivity index (χ1) is 8.11. The van der Waals surface area contributed by atoms with Gasteiger partial charge in [0.25, 0.3) is 0 Å². The first-order valence-electron chi connectivity index (χ1n) is 4.70. The van der Waals surface area contributed by atoms with E-state index in [9.17, 15) is 0 Å². The molecule has 1 aromatic carbocycles. The molecule has 0 radical (unpaired) electrons. The van der Waals surface area contributed by atoms with E-state index < -0.39 is 0 Å². The molecular weight excluding hydrogens is 366 g/mol. The lowest BCUT2D eigenvalue weighted by molar-refractivity contribution is 1.31. The second kappa shape index (κ2) is 5.17. The maximum atomic E-state index is 9.05. The Bertz CT molecular complexity index is 601. The molecule has 6 heteroatoms. The van der Waals surface area contributed by atoms with E-state index in [-0.39, 0.29) is 0 Å². The van der Waals surface area contributed by atoms with Gasteiger partial charge in [0.2, 0.25) is 0 Å². The molecule has 0 fully saturated rings. The van der Waals surface area contributed by atoms with Gasteiger partial charge in [-0.05, 0) is 52.6 Å². The van der Waals surface area contributed by atoms with Gasteiger partial charge in [-0.25, -0.2) is 0 Å². The van der Waals surface area contributed by atoms with Gasteiger partial charge < -0.3 is 5.32 Å². The third kappa shape index (κ3) is 2.68. The van der Waals surface area contributed by atoms with Crippen molar-refractivity contribution >= 4 is 54.1 Å². The maximum Gasteiger partial charge on any atom is 0.132 e. The van der Waals surface area contributed by atoms with Crippen molar-refractivity contribution in [2.24, 2.45) is 0 Å². The van der Waals surface area contributed by atoms with Crippen molar-refractivity contribution < 1.29 is 0 Å². The first-order valence-corrected chi connectivity index (χ1v) is 7.06. The number of nitriles is 1. The van der Waals surface area contributed by atoms with Crippen LogP contribution in [0.25, 0.3) is 0 Å². The summed E-state index contributed by atoms with van der Waals surface area (Å²) in [4.78, 5) is 0. The SMILES string of the molecule is Cc1nsc(Nc2cc(Br)ccc2Br)c1C#N. The Morgan fingerprint density at radius 3 is 2.88 bits per heavy atom. The van der Waals surface area contributed by atoms with Crippen molar-refractivity contribution in [3.05, 3.63) is 38.4 Å². The van der Waals surface area contributed by atoms with Gasteiger partial charge in [0.15, 0.2) is 0 Å². The number of nitrogens with one attached hydrogen (secondary N) is 1. The Balaban J connectivity index is 2.38. The van der Waals surface area contributed by atoms with E-state index in [1.165, 1.54) is 11.5 Å². The van der Waals surface area contributed by atoms with Crippen LogP contribution in [0.1, 0.15) is 11.3 Å². The second-order valence-electron chi connectivity index (χ2n) is 3.33. The summed E-state index contributed by atoms with van der Waals surface area (Å²) in [5, 5.41) is 13.0. The van der Waals surface area contributed by atoms with Gasteiger partial charge in [-0.1, -0.05) is 15.9 Å². The van der Waals surface area contributed by atoms with Gasteiger partial charge in [-0.15, -0.1) is 0 Å². The highest BCUT2D eigenvalue weighted by atomic mass is 79.9. The van der Waals surface area contributed by atoms with Crippen LogP contribution in [0.2, 0.25) is 0 Å². The van der Waals surface area contributed by atoms with E-state index in [4.69, 9.17) is 5.26 Å². The Hall–Kier alpha value is -0.900. The number of benzene rings is 1. The molecule has 86 valence electrons. The van der Waals surface area contributed by atoms with E-state index in [2.05, 4.69) is 47.6 Å². The molecule has 0 aliphatic heterocycles. The summed E-state index contributed by atoms with van der Waals surface area (Å²) in [5.41, 5.74) is 2.26. The molecule has 0 amide bonds. The van der Waals surface area contributed by atoms with E-state index in [0.29, 0.717) is 5.56 Å². The largest absolute Gasteiger partial charge is 0.344 e. The Morgan fingerprint density at radius 2 is 2.18 bits per heavy atom. The molecule has 0 saturated carbocycles. The molecule has 1 N–H and O–H groups in total. The minimum absolute atomic E-state index is 0.599. The van der Waals surface area contributed by atoms with Crippen LogP contribution in [-0.2, 0) is 0 Å². The molecule has 2 rings (SSSR count). The van der Waals surface area contributed by atoms with Gasteiger partial charge in [0, 0.05) is 8.95 Å². The summed E-state index contributed by atoms with van der Waals surface area (Å²) in [6, 6.07) is 7.98. The standard InChI is InChI=1S/C11H7Br2N3S/c1-6-8(5-14)11(17-16-6)15-10-4-7(12)2-3-9(10)13/h2-4,15H,1H3. The minimum atomic E-state index is 0.599. The molecule has 0 aliphatic carbocycles. The van der Waals surface area contributed by atoms with Crippen molar-refractivity contribution in [2.45, 2.75) is 6.92 Å². The highest BCUT2D eigenvalue weighted by Crippen LogP contribution is 2.32. The molecule has 0 spiro atoms. The molecule has 1 heterocycles. The smallest absolute Gasteiger partial charge is 0.132 e. The lowest BCUT2D eigenvalue weighted by Gasteiger charge is -2.06. The lowest BCUT2D eigenvalue weighted by Crippen LogP contribution is -1.91. The summed E-state index contributed by atoms with van der Waals surface area (Å²) in [6.07, 6.45) is 0. The summed E-state index contributed by atoms with van der Waals surface area (Å²) in [5.74, 6) is 0. The molecule has 0 atom stereocenters. The van der Waals surface area contributed by atoms with Crippen molar-refractivity contribution in [2.75, 3.05) is 5.32 Å². The van der Waals surface area contributed by atoms with Crippen molar-refractivity contribution in [3.8, 4) is 6.07 Å². The number of aromatic nitrogens is 1. The van der Waals surface area contributed by atoms with E-state index in [1.807, 2.05) is 25.1 Å². The van der Waals surface area contributed by atoms with Crippen molar-refractivity contribution in [1.29, 1.82) is 5.26 Å². The Kier molecular flexibility index (Phi) is 3.82. The van der Waals surface area contributed by atoms with Crippen LogP contribution >= 0.6 is 43.4 Å². The summed E-state index contributed by atoms with van der Waals surface area (Å²) in [7, 11) is 0. The second-order valence-corrected chi connectivity index (χ2v) is 5.88. The van der Waals surface area contributed by atoms with Gasteiger partial charge in [0.05, 0.1) is 11.4 Å². The molecule has 1 aromatic heterocycles. The zero-order valence-electron chi connectivity index (χ0n) is 8.79. The highest BCUT2D eigenvalue weighted by molar-refractivity contribution is 9.11. The fourth-order valence-electron chi connectivity index (χ4n) is 1.30. The van der Waals surface area contributed by atoms with Crippen LogP contribution in [0.3, 0.4) is 0 Å². The monoisotopic (exact) mass is 371 g/mol. The summed E-state index contributed by atoms with van der Waals surface area (Å²) < 4.78 is 6.08. The molecule has 0 unspecified atom stereocenters. The molecule has 17 heavy (non-hydrogen) atoms. The Morgan fingerprint density at radius 1 is 1.41 bits per heavy atom. The zero-order valence-corrected chi connectivity index (χ0v) is 12.8. The zero-order chi connectivity index (χ0) is 12.4. The molecule has 3 nitrogen and oxygen atoms in total. The van der Waals surface area contributed by atoms with Crippen molar-refractivity contribution in [1.82, 2.24) is 4.37 Å². The number of nitrogens with zero attached hydrogens (tertiary/aromatic N) is 2. The molecule has 0 aliphatic rings. The lowest BCUT2D eigenvalue weighted by atomic mass is 10.2. The predicted molar refractivity (Wildman–Crippen MR) is 76.7 cm³/mol. The number of halogens is 2. The maximum absolute atomic E-state index is 9.05. The van der Waals surface area contributed by atoms with Crippen LogP contribution in [-0.4, -0.2) is 4.37 Å². The van der Waals surface area contributed by atoms with Gasteiger partial charge in [0.1, 0.15) is 16.6 Å². The fraction of sp³-hybridized carbons (Fsp3) is 0.0909. The molecular formula is C11H7Br2N3S. The number of rotatable bonds is 2. The van der Waals surface area contributed by atoms with Gasteiger partial charge >= 0.3 is 0 Å². The number of hydrogen-bond donors (Lipinski definition) is 1. The van der Waals surface area contributed by atoms with Crippen LogP contribution in [0.15, 0.2) is 27.1 Å². The van der Waals surface area contributed by atoms with Crippen LogP contribution in [0, 0.1) is 18.3 Å². The van der Waals surface area contributed by atoms with E-state index in [0.717, 1.165) is 25.3 Å². The minimum Gasteiger partial charge on any atom is -0.344 e. The normalized spacial score (nSPS) is 10.0. The summed E-state index contributed by atoms with van der Waals surface area (Å²) >= 11 is 8.16. The van der Waals surface area contributed by atoms with E-state index in [1.54, 1.807) is 0 Å². The Labute approximate surface area is 120 Å². The third-order valence-electron chi connectivity index (χ3n) is 2.15. The van der Waals surface area contributed by atoms with Crippen LogP contribution in [0.4, 0.5) is 10.7 Å². The number of aryl methyl sites for hydroxylation is 1. The molecule has 0 bridgehead atoms. The average Bonchev–Trinajstić information content (AvgIpc) is 2.64. The molecule has 2 aromatic rings. The third-order valence-corrected chi connectivity index (χ3v) is 4.19. The predicted octanol–water partition coefficient (Wildman–Crippen LogP) is 4.59. The highest BCUT2D eigenvalue weighted by Gasteiger charge is 2.11. The van der Waals surface area contributed by atoms with Gasteiger partial charge in [-0.3, -0.25) is 0 Å². The molecule has 0 saturated heterocycles. The number of anilines is 2. The average molecular weight is 373 g/mol. The van der Waals surface area contributed by atoms with Crippen LogP contribution in [0.5, 0.6) is 0 Å². The summed E-state index contributed by atoms with van der Waals surface area (Å²) in [6.45, 7) is 1.83. The quantitative estimate of drug-likeness (QED) is 0.838. The van der Waals surface area contributed by atoms with Crippen molar-refractivity contribution in [3.63, 3.8) is 0 Å². The van der Waals surface area contributed by atoms with Gasteiger partial charge in [-0.2, -0.15) is 9.64 Å². The van der Waals surface area contributed by atoms with E-state index >= 15 is 0 Å².